The highest BCUT2D eigenvalue weighted by atomic mass is 32.2. The fourth-order valence-corrected chi connectivity index (χ4v) is 1.33. The normalized spacial score (nSPS) is 12.2. The first-order valence-corrected chi connectivity index (χ1v) is 4.53. The van der Waals surface area contributed by atoms with E-state index in [1.165, 1.54) is 25.3 Å². The summed E-state index contributed by atoms with van der Waals surface area (Å²) in [5.74, 6) is 0.393. The van der Waals surface area contributed by atoms with Crippen LogP contribution in [-0.4, -0.2) is 22.2 Å². The second kappa shape index (κ2) is 4.15. The Morgan fingerprint density at radius 2 is 2.23 bits per heavy atom. The predicted molar refractivity (Wildman–Crippen MR) is 47.4 cm³/mol. The van der Waals surface area contributed by atoms with Gasteiger partial charge in [0.1, 0.15) is 5.75 Å². The third-order valence-electron chi connectivity index (χ3n) is 1.53. The molecule has 1 atom stereocenters. The number of carbonyl (C=O) groups excluding carboxylic acids is 1. The molecule has 1 aromatic rings. The van der Waals surface area contributed by atoms with Gasteiger partial charge in [0.25, 0.3) is 0 Å². The molecule has 5 heteroatoms. The van der Waals surface area contributed by atoms with E-state index in [0.29, 0.717) is 12.0 Å². The first-order chi connectivity index (χ1) is 6.19. The lowest BCUT2D eigenvalue weighted by Crippen LogP contribution is -1.94. The molecule has 1 N–H and O–H groups in total. The Bertz CT molecular complexity index is 348. The Balaban J connectivity index is 3.20. The molecule has 1 rings (SSSR count). The second-order valence-corrected chi connectivity index (χ2v) is 3.24. The Kier molecular flexibility index (Phi) is 3.16. The van der Waals surface area contributed by atoms with Gasteiger partial charge in [-0.3, -0.25) is 4.79 Å². The number of hydrogen-bond donors (Lipinski definition) is 1. The van der Waals surface area contributed by atoms with Gasteiger partial charge in [-0.2, -0.15) is 0 Å². The molecule has 0 bridgehead atoms. The van der Waals surface area contributed by atoms with Gasteiger partial charge in [-0.15, -0.1) is 0 Å². The molecule has 0 heterocycles. The first kappa shape index (κ1) is 9.88. The van der Waals surface area contributed by atoms with Crippen molar-refractivity contribution in [1.82, 2.24) is 0 Å². The van der Waals surface area contributed by atoms with Crippen LogP contribution in [0.2, 0.25) is 0 Å². The Hall–Kier alpha value is -1.20. The molecular weight excluding hydrogens is 192 g/mol. The van der Waals surface area contributed by atoms with Crippen molar-refractivity contribution in [3.8, 4) is 5.75 Å². The van der Waals surface area contributed by atoms with Gasteiger partial charge in [0.15, 0.2) is 17.4 Å². The van der Waals surface area contributed by atoms with E-state index in [0.717, 1.165) is 0 Å². The van der Waals surface area contributed by atoms with Gasteiger partial charge in [0.2, 0.25) is 0 Å². The van der Waals surface area contributed by atoms with Gasteiger partial charge in [0.05, 0.1) is 17.6 Å². The number of hydrogen-bond acceptors (Lipinski definition) is 3. The number of rotatable bonds is 3. The average molecular weight is 200 g/mol. The van der Waals surface area contributed by atoms with Crippen LogP contribution in [-0.2, 0) is 11.1 Å². The number of aldehydes is 1. The fraction of sp³-hybridized carbons (Fsp3) is 0.125. The molecule has 0 amide bonds. The summed E-state index contributed by atoms with van der Waals surface area (Å²) in [4.78, 5) is 10.7. The minimum Gasteiger partial charge on any atom is -0.496 e. The van der Waals surface area contributed by atoms with Gasteiger partial charge in [-0.1, -0.05) is 0 Å². The van der Waals surface area contributed by atoms with E-state index < -0.39 is 11.1 Å². The molecular formula is C8H8O4S. The molecule has 0 spiro atoms. The van der Waals surface area contributed by atoms with Crippen LogP contribution in [0.4, 0.5) is 0 Å². The summed E-state index contributed by atoms with van der Waals surface area (Å²) >= 11 is -2.07. The Morgan fingerprint density at radius 1 is 1.54 bits per heavy atom. The minimum absolute atomic E-state index is 0.183. The fourth-order valence-electron chi connectivity index (χ4n) is 0.913. The number of carbonyl (C=O) groups is 1. The van der Waals surface area contributed by atoms with Crippen LogP contribution < -0.4 is 4.74 Å². The van der Waals surface area contributed by atoms with Crippen LogP contribution in [0.5, 0.6) is 5.75 Å². The molecule has 0 aliphatic rings. The summed E-state index contributed by atoms with van der Waals surface area (Å²) in [5, 5.41) is 0. The monoisotopic (exact) mass is 200 g/mol. The molecule has 4 nitrogen and oxygen atoms in total. The van der Waals surface area contributed by atoms with Crippen molar-refractivity contribution in [2.45, 2.75) is 4.90 Å². The van der Waals surface area contributed by atoms with E-state index in [1.807, 2.05) is 0 Å². The summed E-state index contributed by atoms with van der Waals surface area (Å²) in [6.07, 6.45) is 0.579. The van der Waals surface area contributed by atoms with Crippen molar-refractivity contribution in [3.05, 3.63) is 23.8 Å². The molecule has 0 fully saturated rings. The highest BCUT2D eigenvalue weighted by Crippen LogP contribution is 2.19. The predicted octanol–water partition coefficient (Wildman–Crippen LogP) is 1.09. The molecule has 0 saturated carbocycles. The third-order valence-corrected chi connectivity index (χ3v) is 2.19. The molecule has 0 aliphatic carbocycles. The zero-order valence-electron chi connectivity index (χ0n) is 6.89. The van der Waals surface area contributed by atoms with Crippen molar-refractivity contribution >= 4 is 17.4 Å². The number of ether oxygens (including phenoxy) is 1. The summed E-state index contributed by atoms with van der Waals surface area (Å²) in [6, 6.07) is 4.23. The van der Waals surface area contributed by atoms with E-state index in [-0.39, 0.29) is 10.5 Å². The smallest absolute Gasteiger partial charge is 0.186 e. The largest absolute Gasteiger partial charge is 0.496 e. The first-order valence-electron chi connectivity index (χ1n) is 3.43. The van der Waals surface area contributed by atoms with E-state index >= 15 is 0 Å². The van der Waals surface area contributed by atoms with Crippen LogP contribution in [0.1, 0.15) is 10.4 Å². The van der Waals surface area contributed by atoms with Crippen LogP contribution in [0.15, 0.2) is 23.1 Å². The molecule has 1 aromatic carbocycles. The molecule has 70 valence electrons. The maximum absolute atomic E-state index is 10.6. The van der Waals surface area contributed by atoms with E-state index in [2.05, 4.69) is 0 Å². The van der Waals surface area contributed by atoms with Crippen molar-refractivity contribution in [3.63, 3.8) is 0 Å². The van der Waals surface area contributed by atoms with Crippen LogP contribution in [0.25, 0.3) is 0 Å². The van der Waals surface area contributed by atoms with E-state index in [9.17, 15) is 9.00 Å². The van der Waals surface area contributed by atoms with Gasteiger partial charge >= 0.3 is 0 Å². The SMILES string of the molecule is COc1ccc(S(=O)O)cc1C=O. The van der Waals surface area contributed by atoms with Gasteiger partial charge in [0, 0.05) is 0 Å². The highest BCUT2D eigenvalue weighted by molar-refractivity contribution is 7.79. The van der Waals surface area contributed by atoms with Crippen molar-refractivity contribution in [2.75, 3.05) is 7.11 Å². The van der Waals surface area contributed by atoms with Crippen LogP contribution in [0, 0.1) is 0 Å². The standard InChI is InChI=1S/C8H8O4S/c1-12-8-3-2-7(13(10)11)4-6(8)5-9/h2-5H,1H3,(H,10,11). The summed E-state index contributed by atoms with van der Waals surface area (Å²) in [7, 11) is 1.43. The quantitative estimate of drug-likeness (QED) is 0.586. The minimum atomic E-state index is -2.07. The lowest BCUT2D eigenvalue weighted by molar-refractivity contribution is 0.112. The highest BCUT2D eigenvalue weighted by Gasteiger charge is 2.06. The van der Waals surface area contributed by atoms with Crippen molar-refractivity contribution in [2.24, 2.45) is 0 Å². The van der Waals surface area contributed by atoms with E-state index in [4.69, 9.17) is 9.29 Å². The molecule has 0 radical (unpaired) electrons. The summed E-state index contributed by atoms with van der Waals surface area (Å²) in [6.45, 7) is 0. The lowest BCUT2D eigenvalue weighted by atomic mass is 10.2. The Labute approximate surface area is 77.8 Å². The molecule has 0 aliphatic heterocycles. The van der Waals surface area contributed by atoms with Crippen LogP contribution in [0.3, 0.4) is 0 Å². The zero-order valence-corrected chi connectivity index (χ0v) is 7.71. The van der Waals surface area contributed by atoms with Gasteiger partial charge in [-0.05, 0) is 18.2 Å². The van der Waals surface area contributed by atoms with Crippen molar-refractivity contribution < 1.29 is 18.3 Å². The maximum atomic E-state index is 10.6. The van der Waals surface area contributed by atoms with Gasteiger partial charge in [-0.25, -0.2) is 4.21 Å². The van der Waals surface area contributed by atoms with Crippen LogP contribution >= 0.6 is 0 Å². The lowest BCUT2D eigenvalue weighted by Gasteiger charge is -2.03. The molecule has 1 unspecified atom stereocenters. The Morgan fingerprint density at radius 3 is 2.69 bits per heavy atom. The third kappa shape index (κ3) is 2.13. The zero-order chi connectivity index (χ0) is 9.84. The summed E-state index contributed by atoms with van der Waals surface area (Å²) in [5.41, 5.74) is 0.266. The summed E-state index contributed by atoms with van der Waals surface area (Å²) < 4.78 is 24.2. The second-order valence-electron chi connectivity index (χ2n) is 2.27. The maximum Gasteiger partial charge on any atom is 0.186 e. The average Bonchev–Trinajstić information content (AvgIpc) is 2.16. The molecule has 0 saturated heterocycles. The number of benzene rings is 1. The van der Waals surface area contributed by atoms with Crippen molar-refractivity contribution in [1.29, 1.82) is 0 Å². The topological polar surface area (TPSA) is 63.6 Å². The molecule has 0 aromatic heterocycles. The number of methoxy groups -OCH3 is 1. The molecule has 13 heavy (non-hydrogen) atoms. The van der Waals surface area contributed by atoms with Gasteiger partial charge < -0.3 is 9.29 Å². The van der Waals surface area contributed by atoms with E-state index in [1.54, 1.807) is 0 Å².